The zero-order valence-corrected chi connectivity index (χ0v) is 23.9. The smallest absolute Gasteiger partial charge is 0.338 e. The van der Waals surface area contributed by atoms with E-state index in [0.29, 0.717) is 32.9 Å². The Kier molecular flexibility index (Phi) is 7.15. The van der Waals surface area contributed by atoms with Crippen molar-refractivity contribution in [2.45, 2.75) is 26.4 Å². The fourth-order valence-electron chi connectivity index (χ4n) is 5.32. The van der Waals surface area contributed by atoms with Crippen LogP contribution in [0.1, 0.15) is 36.7 Å². The average Bonchev–Trinajstić information content (AvgIpc) is 3.49. The summed E-state index contributed by atoms with van der Waals surface area (Å²) in [6.45, 7) is 4.44. The second-order valence-corrected chi connectivity index (χ2v) is 10.8. The Bertz CT molecular complexity index is 1960. The summed E-state index contributed by atoms with van der Waals surface area (Å²) in [4.78, 5) is 32.5. The van der Waals surface area contributed by atoms with Crippen LogP contribution in [0.2, 0.25) is 0 Å². The van der Waals surface area contributed by atoms with E-state index in [-0.39, 0.29) is 12.2 Å². The molecule has 1 atom stereocenters. The molecule has 0 N–H and O–H groups in total. The zero-order valence-electron chi connectivity index (χ0n) is 23.0. The van der Waals surface area contributed by atoms with E-state index in [1.807, 2.05) is 60.7 Å². The Morgan fingerprint density at radius 3 is 2.49 bits per heavy atom. The van der Waals surface area contributed by atoms with Crippen molar-refractivity contribution in [3.8, 4) is 5.75 Å². The van der Waals surface area contributed by atoms with Gasteiger partial charge in [-0.25, -0.2) is 9.79 Å². The summed E-state index contributed by atoms with van der Waals surface area (Å²) in [7, 11) is 1.60. The van der Waals surface area contributed by atoms with Crippen LogP contribution in [0.25, 0.3) is 17.0 Å². The summed E-state index contributed by atoms with van der Waals surface area (Å²) >= 11 is 1.32. The number of hydrogen-bond acceptors (Lipinski definition) is 6. The molecule has 0 saturated carbocycles. The maximum absolute atomic E-state index is 14.1. The van der Waals surface area contributed by atoms with Crippen LogP contribution in [0.4, 0.5) is 0 Å². The second-order valence-electron chi connectivity index (χ2n) is 9.78. The van der Waals surface area contributed by atoms with Gasteiger partial charge in [0.1, 0.15) is 5.75 Å². The molecule has 8 heteroatoms. The first-order valence-electron chi connectivity index (χ1n) is 13.4. The van der Waals surface area contributed by atoms with Crippen LogP contribution in [0, 0.1) is 0 Å². The van der Waals surface area contributed by atoms with Gasteiger partial charge < -0.3 is 14.0 Å². The first-order chi connectivity index (χ1) is 20.0. The summed E-state index contributed by atoms with van der Waals surface area (Å²) < 4.78 is 15.1. The number of methoxy groups -OCH3 is 1. The molecule has 206 valence electrons. The maximum atomic E-state index is 14.1. The third-order valence-electron chi connectivity index (χ3n) is 7.25. The summed E-state index contributed by atoms with van der Waals surface area (Å²) in [5, 5.41) is 1.10. The van der Waals surface area contributed by atoms with Gasteiger partial charge in [-0.1, -0.05) is 72.0 Å². The van der Waals surface area contributed by atoms with Crippen molar-refractivity contribution < 1.29 is 14.3 Å². The topological polar surface area (TPSA) is 74.8 Å². The van der Waals surface area contributed by atoms with E-state index < -0.39 is 12.0 Å². The molecule has 3 aromatic carbocycles. The lowest BCUT2D eigenvalue weighted by molar-refractivity contribution is -0.139. The van der Waals surface area contributed by atoms with E-state index >= 15 is 0 Å². The van der Waals surface area contributed by atoms with Gasteiger partial charge >= 0.3 is 5.97 Å². The average molecular weight is 564 g/mol. The molecule has 0 saturated heterocycles. The van der Waals surface area contributed by atoms with Crippen LogP contribution in [0.5, 0.6) is 5.75 Å². The van der Waals surface area contributed by atoms with Crippen LogP contribution in [0.15, 0.2) is 106 Å². The number of thiazole rings is 1. The Labute approximate surface area is 240 Å². The van der Waals surface area contributed by atoms with Crippen molar-refractivity contribution in [3.63, 3.8) is 0 Å². The number of para-hydroxylation sites is 1. The van der Waals surface area contributed by atoms with Crippen LogP contribution in [0.3, 0.4) is 0 Å². The molecular formula is C33H29N3O4S. The Balaban J connectivity index is 1.54. The van der Waals surface area contributed by atoms with E-state index in [9.17, 15) is 9.59 Å². The van der Waals surface area contributed by atoms with Gasteiger partial charge in [0.15, 0.2) is 4.80 Å². The molecule has 41 heavy (non-hydrogen) atoms. The number of aromatic nitrogens is 2. The predicted molar refractivity (Wildman–Crippen MR) is 161 cm³/mol. The summed E-state index contributed by atoms with van der Waals surface area (Å²) in [6.07, 6.45) is 1.93. The van der Waals surface area contributed by atoms with E-state index in [1.165, 1.54) is 16.9 Å². The van der Waals surface area contributed by atoms with Crippen molar-refractivity contribution in [3.05, 3.63) is 133 Å². The van der Waals surface area contributed by atoms with E-state index in [4.69, 9.17) is 14.5 Å². The predicted octanol–water partition coefficient (Wildman–Crippen LogP) is 4.81. The van der Waals surface area contributed by atoms with Crippen molar-refractivity contribution in [1.82, 2.24) is 9.13 Å². The maximum Gasteiger partial charge on any atom is 0.338 e. The lowest BCUT2D eigenvalue weighted by atomic mass is 9.96. The first kappa shape index (κ1) is 26.5. The SMILES string of the molecule is CCOC(=O)C1=C(C)N=c2s/c(=C/c3cc4ccccc4n3Cc3ccccc3)c(=O)n2[C@H]1c1ccc(OC)cc1. The lowest BCUT2D eigenvalue weighted by Gasteiger charge is -2.24. The monoisotopic (exact) mass is 563 g/mol. The van der Waals surface area contributed by atoms with Crippen molar-refractivity contribution >= 4 is 34.3 Å². The van der Waals surface area contributed by atoms with Crippen LogP contribution >= 0.6 is 11.3 Å². The number of hydrogen-bond donors (Lipinski definition) is 0. The normalized spacial score (nSPS) is 15.1. The quantitative estimate of drug-likeness (QED) is 0.267. The molecule has 2 aromatic heterocycles. The first-order valence-corrected chi connectivity index (χ1v) is 14.3. The number of benzene rings is 3. The molecule has 0 fully saturated rings. The number of rotatable bonds is 7. The van der Waals surface area contributed by atoms with E-state index in [2.05, 4.69) is 34.9 Å². The zero-order chi connectivity index (χ0) is 28.5. The number of carbonyl (C=O) groups is 1. The molecular weight excluding hydrogens is 534 g/mol. The molecule has 1 aliphatic rings. The van der Waals surface area contributed by atoms with Gasteiger partial charge in [0.05, 0.1) is 35.6 Å². The Hall–Kier alpha value is -4.69. The largest absolute Gasteiger partial charge is 0.497 e. The number of ether oxygens (including phenoxy) is 2. The highest BCUT2D eigenvalue weighted by Crippen LogP contribution is 2.31. The highest BCUT2D eigenvalue weighted by Gasteiger charge is 2.33. The number of esters is 1. The standard InChI is InChI=1S/C33H29N3O4S/c1-4-40-32(38)29-21(2)34-33-36(30(29)23-14-16-26(39-3)17-15-23)31(37)28(41-33)19-25-18-24-12-8-9-13-27(24)35(25)20-22-10-6-5-7-11-22/h5-19,30H,4,20H2,1-3H3/b28-19+/t30-/m0/s1. The van der Waals surface area contributed by atoms with Crippen LogP contribution < -0.4 is 19.6 Å². The van der Waals surface area contributed by atoms with Gasteiger partial charge in [-0.2, -0.15) is 0 Å². The molecule has 3 heterocycles. The number of fused-ring (bicyclic) bond motifs is 2. The minimum Gasteiger partial charge on any atom is -0.497 e. The fourth-order valence-corrected chi connectivity index (χ4v) is 6.35. The van der Waals surface area contributed by atoms with Gasteiger partial charge in [-0.05, 0) is 55.3 Å². The summed E-state index contributed by atoms with van der Waals surface area (Å²) in [5.41, 5.74) is 4.63. The van der Waals surface area contributed by atoms with Crippen LogP contribution in [-0.2, 0) is 16.1 Å². The third-order valence-corrected chi connectivity index (χ3v) is 8.24. The number of carbonyl (C=O) groups excluding carboxylic acids is 1. The molecule has 0 bridgehead atoms. The Morgan fingerprint density at radius 1 is 1.02 bits per heavy atom. The highest BCUT2D eigenvalue weighted by atomic mass is 32.1. The van der Waals surface area contributed by atoms with Gasteiger partial charge in [-0.15, -0.1) is 0 Å². The molecule has 0 spiro atoms. The molecule has 0 amide bonds. The molecule has 6 rings (SSSR count). The molecule has 0 unspecified atom stereocenters. The fraction of sp³-hybridized carbons (Fsp3) is 0.182. The second kappa shape index (κ2) is 11.1. The molecule has 0 radical (unpaired) electrons. The van der Waals surface area contributed by atoms with Crippen molar-refractivity contribution in [1.29, 1.82) is 0 Å². The highest BCUT2D eigenvalue weighted by molar-refractivity contribution is 7.07. The molecule has 0 aliphatic carbocycles. The minimum absolute atomic E-state index is 0.208. The number of allylic oxidation sites excluding steroid dienone is 1. The van der Waals surface area contributed by atoms with Gasteiger partial charge in [0, 0.05) is 23.1 Å². The van der Waals surface area contributed by atoms with Crippen molar-refractivity contribution in [2.75, 3.05) is 13.7 Å². The van der Waals surface area contributed by atoms with Gasteiger partial charge in [-0.3, -0.25) is 9.36 Å². The van der Waals surface area contributed by atoms with E-state index in [0.717, 1.165) is 22.2 Å². The molecule has 5 aromatic rings. The molecule has 1 aliphatic heterocycles. The number of nitrogens with zero attached hydrogens (tertiary/aromatic N) is 3. The minimum atomic E-state index is -0.673. The lowest BCUT2D eigenvalue weighted by Crippen LogP contribution is -2.40. The Morgan fingerprint density at radius 2 is 1.76 bits per heavy atom. The van der Waals surface area contributed by atoms with E-state index in [1.54, 1.807) is 25.5 Å². The van der Waals surface area contributed by atoms with Crippen LogP contribution in [-0.4, -0.2) is 28.8 Å². The summed E-state index contributed by atoms with van der Waals surface area (Å²) in [5.74, 6) is 0.206. The summed E-state index contributed by atoms with van der Waals surface area (Å²) in [6, 6.07) is 27.3. The van der Waals surface area contributed by atoms with Crippen molar-refractivity contribution in [2.24, 2.45) is 4.99 Å². The third kappa shape index (κ3) is 4.91. The van der Waals surface area contributed by atoms with Gasteiger partial charge in [0.25, 0.3) is 5.56 Å². The molecule has 7 nitrogen and oxygen atoms in total. The van der Waals surface area contributed by atoms with Gasteiger partial charge in [0.2, 0.25) is 0 Å².